The molecule has 0 radical (unpaired) electrons. The minimum atomic E-state index is -3.69. The summed E-state index contributed by atoms with van der Waals surface area (Å²) in [6.07, 6.45) is 0.739. The molecule has 118 valence electrons. The maximum Gasteiger partial charge on any atom is 0.261 e. The Hall–Kier alpha value is -1.72. The van der Waals surface area contributed by atoms with Gasteiger partial charge in [-0.25, -0.2) is 8.42 Å². The van der Waals surface area contributed by atoms with Crippen molar-refractivity contribution in [3.8, 4) is 5.75 Å². The number of nitrogens with one attached hydrogen (secondary N) is 1. The molecule has 0 spiro atoms. The van der Waals surface area contributed by atoms with E-state index in [4.69, 9.17) is 16.3 Å². The highest BCUT2D eigenvalue weighted by atomic mass is 35.5. The lowest BCUT2D eigenvalue weighted by molar-refractivity contribution is 0.340. The molecule has 0 aliphatic rings. The first-order chi connectivity index (χ1) is 10.5. The van der Waals surface area contributed by atoms with E-state index in [-0.39, 0.29) is 9.92 Å². The molecule has 0 aliphatic heterocycles. The summed E-state index contributed by atoms with van der Waals surface area (Å²) < 4.78 is 32.9. The fourth-order valence-corrected chi connectivity index (χ4v) is 3.48. The van der Waals surface area contributed by atoms with Crippen LogP contribution in [0.1, 0.15) is 19.4 Å². The number of halogens is 1. The van der Waals surface area contributed by atoms with Gasteiger partial charge in [0.25, 0.3) is 10.0 Å². The van der Waals surface area contributed by atoms with Gasteiger partial charge in [0.2, 0.25) is 0 Å². The maximum atomic E-state index is 12.5. The molecule has 2 aromatic rings. The monoisotopic (exact) mass is 339 g/mol. The van der Waals surface area contributed by atoms with Crippen LogP contribution < -0.4 is 9.46 Å². The largest absolute Gasteiger partial charge is 0.492 e. The van der Waals surface area contributed by atoms with Crippen LogP contribution in [0.4, 0.5) is 5.69 Å². The summed E-state index contributed by atoms with van der Waals surface area (Å²) in [5, 5.41) is 0.272. The average Bonchev–Trinajstić information content (AvgIpc) is 2.49. The normalized spacial score (nSPS) is 11.2. The molecule has 0 saturated heterocycles. The second kappa shape index (κ2) is 7.03. The number of hydrogen-bond donors (Lipinski definition) is 1. The summed E-state index contributed by atoms with van der Waals surface area (Å²) in [6.45, 7) is 4.28. The van der Waals surface area contributed by atoms with Crippen LogP contribution in [0.25, 0.3) is 0 Å². The molecular formula is C16H18ClNO3S. The third-order valence-corrected chi connectivity index (χ3v) is 4.81. The van der Waals surface area contributed by atoms with Gasteiger partial charge in [-0.2, -0.15) is 0 Å². The average molecular weight is 340 g/mol. The number of hydrogen-bond acceptors (Lipinski definition) is 3. The van der Waals surface area contributed by atoms with Gasteiger partial charge in [-0.05, 0) is 43.2 Å². The molecule has 0 aromatic heterocycles. The summed E-state index contributed by atoms with van der Waals surface area (Å²) in [5.41, 5.74) is 1.51. The number of aryl methyl sites for hydroxylation is 1. The molecule has 0 aliphatic carbocycles. The molecule has 1 N–H and O–H groups in total. The Labute approximate surface area is 136 Å². The van der Waals surface area contributed by atoms with Gasteiger partial charge >= 0.3 is 0 Å². The molecule has 0 saturated carbocycles. The second-order valence-electron chi connectivity index (χ2n) is 4.64. The van der Waals surface area contributed by atoms with Crippen molar-refractivity contribution >= 4 is 27.3 Å². The Morgan fingerprint density at radius 3 is 2.50 bits per heavy atom. The van der Waals surface area contributed by atoms with Crippen LogP contribution in [-0.2, 0) is 16.4 Å². The van der Waals surface area contributed by atoms with Crippen LogP contribution in [0.15, 0.2) is 47.4 Å². The van der Waals surface area contributed by atoms with E-state index in [0.29, 0.717) is 18.0 Å². The minimum absolute atomic E-state index is 0.104. The smallest absolute Gasteiger partial charge is 0.261 e. The van der Waals surface area contributed by atoms with E-state index < -0.39 is 10.0 Å². The Morgan fingerprint density at radius 1 is 1.14 bits per heavy atom. The number of benzene rings is 2. The summed E-state index contributed by atoms with van der Waals surface area (Å²) >= 11 is 6.06. The molecule has 2 aromatic carbocycles. The van der Waals surface area contributed by atoms with Gasteiger partial charge in [0.05, 0.1) is 22.2 Å². The first kappa shape index (κ1) is 16.6. The zero-order valence-corrected chi connectivity index (χ0v) is 14.0. The van der Waals surface area contributed by atoms with Crippen LogP contribution >= 0.6 is 11.6 Å². The van der Waals surface area contributed by atoms with Crippen molar-refractivity contribution in [2.24, 2.45) is 0 Å². The van der Waals surface area contributed by atoms with Crippen LogP contribution in [0.5, 0.6) is 5.75 Å². The zero-order valence-electron chi connectivity index (χ0n) is 12.5. The Bertz CT molecular complexity index is 760. The summed E-state index contributed by atoms with van der Waals surface area (Å²) in [6, 6.07) is 11.7. The highest BCUT2D eigenvalue weighted by Crippen LogP contribution is 2.28. The topological polar surface area (TPSA) is 55.4 Å². The Morgan fingerprint density at radius 2 is 1.86 bits per heavy atom. The van der Waals surface area contributed by atoms with Crippen LogP contribution in [-0.4, -0.2) is 15.0 Å². The van der Waals surface area contributed by atoms with Gasteiger partial charge in [0.15, 0.2) is 0 Å². The lowest BCUT2D eigenvalue weighted by Gasteiger charge is -2.13. The molecule has 0 atom stereocenters. The first-order valence-corrected chi connectivity index (χ1v) is 8.87. The fraction of sp³-hybridized carbons (Fsp3) is 0.250. The summed E-state index contributed by atoms with van der Waals surface area (Å²) in [5.74, 6) is 0.470. The predicted octanol–water partition coefficient (Wildman–Crippen LogP) is 4.10. The zero-order chi connectivity index (χ0) is 16.2. The summed E-state index contributed by atoms with van der Waals surface area (Å²) in [7, 11) is -3.69. The van der Waals surface area contributed by atoms with Gasteiger partial charge in [0, 0.05) is 0 Å². The van der Waals surface area contributed by atoms with E-state index in [0.717, 1.165) is 12.0 Å². The Kier molecular flexibility index (Phi) is 5.32. The maximum absolute atomic E-state index is 12.5. The summed E-state index contributed by atoms with van der Waals surface area (Å²) in [4.78, 5) is 0.104. The van der Waals surface area contributed by atoms with Crippen molar-refractivity contribution in [1.29, 1.82) is 0 Å². The van der Waals surface area contributed by atoms with E-state index in [9.17, 15) is 8.42 Å². The molecule has 2 rings (SSSR count). The highest BCUT2D eigenvalue weighted by molar-refractivity contribution is 7.92. The van der Waals surface area contributed by atoms with Gasteiger partial charge < -0.3 is 4.74 Å². The molecule has 0 unspecified atom stereocenters. The van der Waals surface area contributed by atoms with Crippen molar-refractivity contribution in [2.75, 3.05) is 11.3 Å². The first-order valence-electron chi connectivity index (χ1n) is 7.01. The minimum Gasteiger partial charge on any atom is -0.492 e. The standard InChI is InChI=1S/C16H18ClNO3S/c1-3-12-7-5-6-8-15(12)18-22(19,20)13-9-10-16(21-4-2)14(17)11-13/h5-11,18H,3-4H2,1-2H3. The van der Waals surface area contributed by atoms with Crippen molar-refractivity contribution < 1.29 is 13.2 Å². The van der Waals surface area contributed by atoms with E-state index in [2.05, 4.69) is 4.72 Å². The SMILES string of the molecule is CCOc1ccc(S(=O)(=O)Nc2ccccc2CC)cc1Cl. The van der Waals surface area contributed by atoms with Gasteiger partial charge in [0.1, 0.15) is 5.75 Å². The van der Waals surface area contributed by atoms with Gasteiger partial charge in [-0.3, -0.25) is 4.72 Å². The lowest BCUT2D eigenvalue weighted by atomic mass is 10.1. The van der Waals surface area contributed by atoms with E-state index >= 15 is 0 Å². The van der Waals surface area contributed by atoms with Gasteiger partial charge in [-0.15, -0.1) is 0 Å². The molecule has 0 fully saturated rings. The van der Waals surface area contributed by atoms with Crippen molar-refractivity contribution in [3.63, 3.8) is 0 Å². The van der Waals surface area contributed by atoms with Crippen LogP contribution in [0.2, 0.25) is 5.02 Å². The molecule has 0 amide bonds. The van der Waals surface area contributed by atoms with Crippen molar-refractivity contribution in [3.05, 3.63) is 53.1 Å². The second-order valence-corrected chi connectivity index (χ2v) is 6.73. The van der Waals surface area contributed by atoms with Gasteiger partial charge in [-0.1, -0.05) is 36.7 Å². The lowest BCUT2D eigenvalue weighted by Crippen LogP contribution is -2.14. The quantitative estimate of drug-likeness (QED) is 0.862. The number of ether oxygens (including phenoxy) is 1. The number of para-hydroxylation sites is 1. The third-order valence-electron chi connectivity index (χ3n) is 3.16. The van der Waals surface area contributed by atoms with E-state index in [1.165, 1.54) is 12.1 Å². The Balaban J connectivity index is 2.32. The van der Waals surface area contributed by atoms with E-state index in [1.807, 2.05) is 26.0 Å². The van der Waals surface area contributed by atoms with Crippen LogP contribution in [0, 0.1) is 0 Å². The molecular weight excluding hydrogens is 322 g/mol. The molecule has 22 heavy (non-hydrogen) atoms. The van der Waals surface area contributed by atoms with Crippen molar-refractivity contribution in [2.45, 2.75) is 25.2 Å². The number of anilines is 1. The number of sulfonamides is 1. The number of rotatable bonds is 6. The van der Waals surface area contributed by atoms with Crippen molar-refractivity contribution in [1.82, 2.24) is 0 Å². The molecule has 0 bridgehead atoms. The van der Waals surface area contributed by atoms with Crippen LogP contribution in [0.3, 0.4) is 0 Å². The molecule has 0 heterocycles. The third kappa shape index (κ3) is 3.72. The highest BCUT2D eigenvalue weighted by Gasteiger charge is 2.17. The molecule has 4 nitrogen and oxygen atoms in total. The van der Waals surface area contributed by atoms with E-state index in [1.54, 1.807) is 18.2 Å². The predicted molar refractivity (Wildman–Crippen MR) is 89.2 cm³/mol. The molecule has 6 heteroatoms. The fourth-order valence-electron chi connectivity index (χ4n) is 2.05.